The van der Waals surface area contributed by atoms with E-state index in [0.29, 0.717) is 19.1 Å². The Morgan fingerprint density at radius 3 is 2.48 bits per heavy atom. The highest BCUT2D eigenvalue weighted by atomic mass is 16.5. The predicted octanol–water partition coefficient (Wildman–Crippen LogP) is 2.12. The molecule has 1 fully saturated rings. The van der Waals surface area contributed by atoms with Crippen molar-refractivity contribution in [2.24, 2.45) is 11.8 Å². The summed E-state index contributed by atoms with van der Waals surface area (Å²) in [5.74, 6) is 1.41. The average Bonchev–Trinajstić information content (AvgIpc) is 2.45. The zero-order chi connectivity index (χ0) is 15.7. The number of piperidine rings is 1. The maximum absolute atomic E-state index is 9.95. The van der Waals surface area contributed by atoms with Crippen LogP contribution in [0.1, 0.15) is 47.0 Å². The quantitative estimate of drug-likeness (QED) is 0.649. The first-order valence-electron chi connectivity index (χ1n) is 8.74. The van der Waals surface area contributed by atoms with Crippen LogP contribution in [0.5, 0.6) is 0 Å². The fourth-order valence-corrected chi connectivity index (χ4v) is 3.03. The molecule has 0 amide bonds. The van der Waals surface area contributed by atoms with Gasteiger partial charge in [-0.1, -0.05) is 20.8 Å². The molecule has 0 aliphatic carbocycles. The van der Waals surface area contributed by atoms with Gasteiger partial charge in [-0.25, -0.2) is 0 Å². The van der Waals surface area contributed by atoms with E-state index in [0.717, 1.165) is 18.9 Å². The number of likely N-dealkylation sites (tertiary alicyclic amines) is 1. The van der Waals surface area contributed by atoms with Gasteiger partial charge in [-0.3, -0.25) is 0 Å². The molecule has 0 aromatic carbocycles. The minimum Gasteiger partial charge on any atom is -0.389 e. The third kappa shape index (κ3) is 8.77. The molecule has 21 heavy (non-hydrogen) atoms. The van der Waals surface area contributed by atoms with E-state index in [1.54, 1.807) is 0 Å². The first kappa shape index (κ1) is 18.9. The minimum atomic E-state index is -0.393. The normalized spacial score (nSPS) is 20.9. The summed E-state index contributed by atoms with van der Waals surface area (Å²) in [4.78, 5) is 2.51. The van der Waals surface area contributed by atoms with Gasteiger partial charge in [-0.15, -0.1) is 0 Å². The topological polar surface area (TPSA) is 44.7 Å². The summed E-state index contributed by atoms with van der Waals surface area (Å²) in [5, 5.41) is 13.3. The second-order valence-corrected chi connectivity index (χ2v) is 6.96. The maximum atomic E-state index is 9.95. The monoisotopic (exact) mass is 300 g/mol. The van der Waals surface area contributed by atoms with Gasteiger partial charge in [0.15, 0.2) is 0 Å². The summed E-state index contributed by atoms with van der Waals surface area (Å²) in [6.45, 7) is 14.4. The number of aliphatic hydroxyl groups is 1. The van der Waals surface area contributed by atoms with Gasteiger partial charge >= 0.3 is 0 Å². The van der Waals surface area contributed by atoms with Crippen LogP contribution >= 0.6 is 0 Å². The van der Waals surface area contributed by atoms with E-state index in [1.165, 1.54) is 32.5 Å². The van der Waals surface area contributed by atoms with Gasteiger partial charge < -0.3 is 20.1 Å². The molecule has 2 atom stereocenters. The molecule has 1 aliphatic heterocycles. The SMILES string of the molecule is CCN1CCC(CNCC(O)COC(C)CC(C)C)CC1. The van der Waals surface area contributed by atoms with Crippen LogP contribution in [0.25, 0.3) is 0 Å². The van der Waals surface area contributed by atoms with Gasteiger partial charge in [0, 0.05) is 6.54 Å². The number of ether oxygens (including phenoxy) is 1. The van der Waals surface area contributed by atoms with E-state index in [9.17, 15) is 5.11 Å². The van der Waals surface area contributed by atoms with Crippen molar-refractivity contribution in [1.29, 1.82) is 0 Å². The number of hydrogen-bond donors (Lipinski definition) is 2. The van der Waals surface area contributed by atoms with Crippen molar-refractivity contribution < 1.29 is 9.84 Å². The summed E-state index contributed by atoms with van der Waals surface area (Å²) < 4.78 is 5.69. The molecule has 0 bridgehead atoms. The molecular weight excluding hydrogens is 264 g/mol. The highest BCUT2D eigenvalue weighted by Gasteiger charge is 2.18. The number of nitrogens with one attached hydrogen (secondary N) is 1. The first-order valence-corrected chi connectivity index (χ1v) is 8.74. The Balaban J connectivity index is 2.02. The van der Waals surface area contributed by atoms with Gasteiger partial charge in [-0.05, 0) is 64.2 Å². The molecule has 2 unspecified atom stereocenters. The molecule has 4 heteroatoms. The largest absolute Gasteiger partial charge is 0.389 e. The fraction of sp³-hybridized carbons (Fsp3) is 1.00. The molecule has 0 saturated carbocycles. The van der Waals surface area contributed by atoms with Gasteiger partial charge in [0.2, 0.25) is 0 Å². The van der Waals surface area contributed by atoms with E-state index in [4.69, 9.17) is 4.74 Å². The number of hydrogen-bond acceptors (Lipinski definition) is 4. The Morgan fingerprint density at radius 2 is 1.90 bits per heavy atom. The average molecular weight is 300 g/mol. The van der Waals surface area contributed by atoms with Crippen molar-refractivity contribution in [1.82, 2.24) is 10.2 Å². The summed E-state index contributed by atoms with van der Waals surface area (Å²) in [6.07, 6.45) is 3.45. The molecule has 126 valence electrons. The van der Waals surface area contributed by atoms with Gasteiger partial charge in [0.1, 0.15) is 0 Å². The van der Waals surface area contributed by atoms with Crippen LogP contribution in [0.15, 0.2) is 0 Å². The lowest BCUT2D eigenvalue weighted by Gasteiger charge is -2.31. The molecule has 2 N–H and O–H groups in total. The standard InChI is InChI=1S/C17H36N2O2/c1-5-19-8-6-16(7-9-19)11-18-12-17(20)13-21-15(4)10-14(2)3/h14-18,20H,5-13H2,1-4H3. The Bertz CT molecular complexity index is 253. The molecule has 0 spiro atoms. The minimum absolute atomic E-state index is 0.234. The Hall–Kier alpha value is -0.160. The van der Waals surface area contributed by atoms with Crippen LogP contribution in [-0.4, -0.2) is 61.5 Å². The van der Waals surface area contributed by atoms with Crippen LogP contribution in [-0.2, 0) is 4.74 Å². The van der Waals surface area contributed by atoms with Crippen LogP contribution in [0.4, 0.5) is 0 Å². The van der Waals surface area contributed by atoms with E-state index in [1.807, 2.05) is 0 Å². The summed E-state index contributed by atoms with van der Waals surface area (Å²) in [5.41, 5.74) is 0. The summed E-state index contributed by atoms with van der Waals surface area (Å²) in [6, 6.07) is 0. The molecular formula is C17H36N2O2. The highest BCUT2D eigenvalue weighted by Crippen LogP contribution is 2.15. The lowest BCUT2D eigenvalue weighted by molar-refractivity contribution is -0.00886. The fourth-order valence-electron chi connectivity index (χ4n) is 3.03. The summed E-state index contributed by atoms with van der Waals surface area (Å²) >= 11 is 0. The predicted molar refractivity (Wildman–Crippen MR) is 88.6 cm³/mol. The number of aliphatic hydroxyl groups excluding tert-OH is 1. The highest BCUT2D eigenvalue weighted by molar-refractivity contribution is 4.73. The molecule has 0 radical (unpaired) electrons. The molecule has 1 rings (SSSR count). The third-order valence-electron chi connectivity index (χ3n) is 4.34. The maximum Gasteiger partial charge on any atom is 0.0897 e. The van der Waals surface area contributed by atoms with Crippen molar-refractivity contribution in [2.45, 2.75) is 59.2 Å². The second-order valence-electron chi connectivity index (χ2n) is 6.96. The number of nitrogens with zero attached hydrogens (tertiary/aromatic N) is 1. The van der Waals surface area contributed by atoms with E-state index < -0.39 is 6.10 Å². The van der Waals surface area contributed by atoms with Gasteiger partial charge in [0.05, 0.1) is 18.8 Å². The molecule has 1 saturated heterocycles. The molecule has 1 heterocycles. The zero-order valence-electron chi connectivity index (χ0n) is 14.5. The first-order chi connectivity index (χ1) is 10.0. The molecule has 4 nitrogen and oxygen atoms in total. The lowest BCUT2D eigenvalue weighted by atomic mass is 9.97. The molecule has 0 aromatic rings. The lowest BCUT2D eigenvalue weighted by Crippen LogP contribution is -2.39. The van der Waals surface area contributed by atoms with Crippen LogP contribution in [0, 0.1) is 11.8 Å². The Labute approximate surface area is 131 Å². The van der Waals surface area contributed by atoms with Gasteiger partial charge in [-0.2, -0.15) is 0 Å². The third-order valence-corrected chi connectivity index (χ3v) is 4.34. The van der Waals surface area contributed by atoms with Crippen LogP contribution in [0.3, 0.4) is 0 Å². The van der Waals surface area contributed by atoms with Gasteiger partial charge in [0.25, 0.3) is 0 Å². The zero-order valence-corrected chi connectivity index (χ0v) is 14.5. The Kier molecular flexibility index (Phi) is 9.49. The van der Waals surface area contributed by atoms with Crippen molar-refractivity contribution >= 4 is 0 Å². The van der Waals surface area contributed by atoms with Crippen molar-refractivity contribution in [3.8, 4) is 0 Å². The molecule has 1 aliphatic rings. The van der Waals surface area contributed by atoms with Crippen molar-refractivity contribution in [3.05, 3.63) is 0 Å². The Morgan fingerprint density at radius 1 is 1.24 bits per heavy atom. The molecule has 0 aromatic heterocycles. The number of rotatable bonds is 10. The van der Waals surface area contributed by atoms with E-state index in [2.05, 4.69) is 37.9 Å². The van der Waals surface area contributed by atoms with E-state index in [-0.39, 0.29) is 6.10 Å². The summed E-state index contributed by atoms with van der Waals surface area (Å²) in [7, 11) is 0. The van der Waals surface area contributed by atoms with Crippen LogP contribution < -0.4 is 5.32 Å². The van der Waals surface area contributed by atoms with E-state index >= 15 is 0 Å². The second kappa shape index (κ2) is 10.5. The smallest absolute Gasteiger partial charge is 0.0897 e. The van der Waals surface area contributed by atoms with Crippen molar-refractivity contribution in [3.63, 3.8) is 0 Å². The van der Waals surface area contributed by atoms with Crippen molar-refractivity contribution in [2.75, 3.05) is 39.3 Å². The van der Waals surface area contributed by atoms with Crippen LogP contribution in [0.2, 0.25) is 0 Å².